The molecule has 0 aliphatic carbocycles. The number of hydrogen-bond acceptors (Lipinski definition) is 5. The normalized spacial score (nSPS) is 10.1. The van der Waals surface area contributed by atoms with Crippen LogP contribution in [0.1, 0.15) is 34.6 Å². The van der Waals surface area contributed by atoms with E-state index >= 15 is 0 Å². The molecule has 7 heteroatoms. The Morgan fingerprint density at radius 1 is 0.742 bits per heavy atom. The third kappa shape index (κ3) is 6.17. The van der Waals surface area contributed by atoms with Gasteiger partial charge in [-0.05, 0) is 67.6 Å². The van der Waals surface area contributed by atoms with Gasteiger partial charge in [-0.15, -0.1) is 0 Å². The van der Waals surface area contributed by atoms with Gasteiger partial charge < -0.3 is 20.1 Å². The van der Waals surface area contributed by atoms with Crippen molar-refractivity contribution in [3.05, 3.63) is 83.9 Å². The van der Waals surface area contributed by atoms with E-state index < -0.39 is 5.97 Å². The third-order valence-corrected chi connectivity index (χ3v) is 4.16. The SMILES string of the molecule is CCOc1ccc(C(=O)Nc2cccc(NC(=O)c3cccc(OC(C)=O)c3)c2)cc1. The molecule has 0 atom stereocenters. The molecule has 2 amide bonds. The number of benzene rings is 3. The van der Waals surface area contributed by atoms with Gasteiger partial charge in [0.05, 0.1) is 6.61 Å². The first-order valence-corrected chi connectivity index (χ1v) is 9.68. The first-order chi connectivity index (χ1) is 14.9. The number of hydrogen-bond donors (Lipinski definition) is 2. The third-order valence-electron chi connectivity index (χ3n) is 4.16. The Hall–Kier alpha value is -4.13. The molecule has 3 rings (SSSR count). The van der Waals surface area contributed by atoms with Gasteiger partial charge in [0.2, 0.25) is 0 Å². The molecule has 0 aliphatic rings. The van der Waals surface area contributed by atoms with Gasteiger partial charge in [0.25, 0.3) is 11.8 Å². The fourth-order valence-electron chi connectivity index (χ4n) is 2.82. The second-order valence-corrected chi connectivity index (χ2v) is 6.57. The summed E-state index contributed by atoms with van der Waals surface area (Å²) in [6.45, 7) is 3.74. The number of amides is 2. The van der Waals surface area contributed by atoms with Crippen molar-refractivity contribution in [2.75, 3.05) is 17.2 Å². The highest BCUT2D eigenvalue weighted by Gasteiger charge is 2.10. The van der Waals surface area contributed by atoms with Crippen molar-refractivity contribution >= 4 is 29.2 Å². The lowest BCUT2D eigenvalue weighted by Crippen LogP contribution is -2.14. The van der Waals surface area contributed by atoms with Gasteiger partial charge in [0.1, 0.15) is 11.5 Å². The quantitative estimate of drug-likeness (QED) is 0.435. The predicted octanol–water partition coefficient (Wildman–Crippen LogP) is 4.52. The monoisotopic (exact) mass is 418 g/mol. The van der Waals surface area contributed by atoms with Gasteiger partial charge in [-0.3, -0.25) is 14.4 Å². The van der Waals surface area contributed by atoms with E-state index in [4.69, 9.17) is 9.47 Å². The van der Waals surface area contributed by atoms with E-state index in [1.807, 2.05) is 6.92 Å². The highest BCUT2D eigenvalue weighted by Crippen LogP contribution is 2.19. The Kier molecular flexibility index (Phi) is 7.01. The molecule has 0 saturated carbocycles. The molecule has 0 heterocycles. The van der Waals surface area contributed by atoms with Crippen LogP contribution in [0, 0.1) is 0 Å². The first kappa shape index (κ1) is 21.6. The van der Waals surface area contributed by atoms with Crippen LogP contribution in [0.15, 0.2) is 72.8 Å². The number of rotatable bonds is 7. The smallest absolute Gasteiger partial charge is 0.308 e. The molecule has 0 aliphatic heterocycles. The van der Waals surface area contributed by atoms with Crippen LogP contribution in [0.25, 0.3) is 0 Å². The van der Waals surface area contributed by atoms with Crippen LogP contribution in [-0.4, -0.2) is 24.4 Å². The van der Waals surface area contributed by atoms with Crippen LogP contribution < -0.4 is 20.1 Å². The Morgan fingerprint density at radius 2 is 1.35 bits per heavy atom. The topological polar surface area (TPSA) is 93.7 Å². The summed E-state index contributed by atoms with van der Waals surface area (Å²) >= 11 is 0. The average Bonchev–Trinajstić information content (AvgIpc) is 2.74. The number of carbonyl (C=O) groups excluding carboxylic acids is 3. The molecule has 0 bridgehead atoms. The fraction of sp³-hybridized carbons (Fsp3) is 0.125. The van der Waals surface area contributed by atoms with Crippen LogP contribution in [0.5, 0.6) is 11.5 Å². The highest BCUT2D eigenvalue weighted by molar-refractivity contribution is 6.06. The van der Waals surface area contributed by atoms with E-state index in [9.17, 15) is 14.4 Å². The molecule has 0 radical (unpaired) electrons. The number of esters is 1. The molecule has 0 saturated heterocycles. The molecular weight excluding hydrogens is 396 g/mol. The zero-order valence-corrected chi connectivity index (χ0v) is 17.2. The molecule has 158 valence electrons. The predicted molar refractivity (Wildman–Crippen MR) is 118 cm³/mol. The molecule has 0 aromatic heterocycles. The van der Waals surface area contributed by atoms with Gasteiger partial charge in [0.15, 0.2) is 0 Å². The molecule has 7 nitrogen and oxygen atoms in total. The van der Waals surface area contributed by atoms with Crippen molar-refractivity contribution < 1.29 is 23.9 Å². The Bertz CT molecular complexity index is 1090. The maximum Gasteiger partial charge on any atom is 0.308 e. The Balaban J connectivity index is 1.66. The van der Waals surface area contributed by atoms with Crippen LogP contribution in [0.3, 0.4) is 0 Å². The lowest BCUT2D eigenvalue weighted by atomic mass is 10.2. The van der Waals surface area contributed by atoms with Gasteiger partial charge >= 0.3 is 5.97 Å². The van der Waals surface area contributed by atoms with Gasteiger partial charge in [-0.25, -0.2) is 0 Å². The summed E-state index contributed by atoms with van der Waals surface area (Å²) < 4.78 is 10.4. The molecule has 0 fully saturated rings. The van der Waals surface area contributed by atoms with Crippen LogP contribution in [0.4, 0.5) is 11.4 Å². The minimum atomic E-state index is -0.464. The molecule has 3 aromatic rings. The Labute approximate surface area is 180 Å². The van der Waals surface area contributed by atoms with Gasteiger partial charge in [-0.2, -0.15) is 0 Å². The zero-order chi connectivity index (χ0) is 22.2. The summed E-state index contributed by atoms with van der Waals surface area (Å²) in [7, 11) is 0. The van der Waals surface area contributed by atoms with E-state index in [1.165, 1.54) is 13.0 Å². The van der Waals surface area contributed by atoms with E-state index in [0.29, 0.717) is 34.9 Å². The summed E-state index contributed by atoms with van der Waals surface area (Å²) in [4.78, 5) is 36.1. The minimum Gasteiger partial charge on any atom is -0.494 e. The lowest BCUT2D eigenvalue weighted by Gasteiger charge is -2.10. The van der Waals surface area contributed by atoms with E-state index in [-0.39, 0.29) is 17.6 Å². The Morgan fingerprint density at radius 3 is 1.97 bits per heavy atom. The number of nitrogens with one attached hydrogen (secondary N) is 2. The molecule has 0 spiro atoms. The van der Waals surface area contributed by atoms with Crippen LogP contribution in [-0.2, 0) is 4.79 Å². The highest BCUT2D eigenvalue weighted by atomic mass is 16.5. The van der Waals surface area contributed by atoms with Crippen molar-refractivity contribution in [2.45, 2.75) is 13.8 Å². The fourth-order valence-corrected chi connectivity index (χ4v) is 2.82. The summed E-state index contributed by atoms with van der Waals surface area (Å²) in [6.07, 6.45) is 0. The number of anilines is 2. The zero-order valence-electron chi connectivity index (χ0n) is 17.2. The standard InChI is InChI=1S/C24H22N2O5/c1-3-30-21-12-10-17(11-13-21)23(28)25-19-7-5-8-20(15-19)26-24(29)18-6-4-9-22(14-18)31-16(2)27/h4-15H,3H2,1-2H3,(H,25,28)(H,26,29). The molecule has 3 aromatic carbocycles. The lowest BCUT2D eigenvalue weighted by molar-refractivity contribution is -0.131. The summed E-state index contributed by atoms with van der Waals surface area (Å²) in [5.41, 5.74) is 1.86. The van der Waals surface area contributed by atoms with Crippen molar-refractivity contribution in [2.24, 2.45) is 0 Å². The second-order valence-electron chi connectivity index (χ2n) is 6.57. The van der Waals surface area contributed by atoms with Crippen LogP contribution in [0.2, 0.25) is 0 Å². The van der Waals surface area contributed by atoms with Gasteiger partial charge in [0, 0.05) is 29.4 Å². The van der Waals surface area contributed by atoms with Gasteiger partial charge in [-0.1, -0.05) is 12.1 Å². The summed E-state index contributed by atoms with van der Waals surface area (Å²) in [5, 5.41) is 5.57. The average molecular weight is 418 g/mol. The summed E-state index contributed by atoms with van der Waals surface area (Å²) in [5.74, 6) is -0.129. The number of carbonyl (C=O) groups is 3. The maximum absolute atomic E-state index is 12.5. The molecule has 31 heavy (non-hydrogen) atoms. The summed E-state index contributed by atoms with van der Waals surface area (Å²) in [6, 6.07) is 20.0. The van der Waals surface area contributed by atoms with Crippen molar-refractivity contribution in [3.63, 3.8) is 0 Å². The minimum absolute atomic E-state index is 0.277. The largest absolute Gasteiger partial charge is 0.494 e. The molecule has 2 N–H and O–H groups in total. The maximum atomic E-state index is 12.5. The van der Waals surface area contributed by atoms with E-state index in [2.05, 4.69) is 10.6 Å². The van der Waals surface area contributed by atoms with E-state index in [0.717, 1.165) is 0 Å². The second kappa shape index (κ2) is 10.1. The molecule has 0 unspecified atom stereocenters. The molecular formula is C24H22N2O5. The van der Waals surface area contributed by atoms with Crippen molar-refractivity contribution in [1.82, 2.24) is 0 Å². The van der Waals surface area contributed by atoms with Crippen molar-refractivity contribution in [3.8, 4) is 11.5 Å². The first-order valence-electron chi connectivity index (χ1n) is 9.68. The van der Waals surface area contributed by atoms with Crippen molar-refractivity contribution in [1.29, 1.82) is 0 Å². The van der Waals surface area contributed by atoms with E-state index in [1.54, 1.807) is 66.7 Å². The van der Waals surface area contributed by atoms with Crippen LogP contribution >= 0.6 is 0 Å². The number of ether oxygens (including phenoxy) is 2.